The van der Waals surface area contributed by atoms with Crippen molar-refractivity contribution in [2.24, 2.45) is 11.8 Å². The molecule has 1 aliphatic carbocycles. The van der Waals surface area contributed by atoms with Gasteiger partial charge >= 0.3 is 5.97 Å². The van der Waals surface area contributed by atoms with Gasteiger partial charge in [-0.3, -0.25) is 4.79 Å². The second kappa shape index (κ2) is 7.25. The summed E-state index contributed by atoms with van der Waals surface area (Å²) in [6.45, 7) is 6.22. The van der Waals surface area contributed by atoms with Crippen molar-refractivity contribution in [2.75, 3.05) is 26.2 Å². The minimum Gasteiger partial charge on any atom is -0.481 e. The van der Waals surface area contributed by atoms with Crippen molar-refractivity contribution in [3.8, 4) is 0 Å². The summed E-state index contributed by atoms with van der Waals surface area (Å²) in [6, 6.07) is 0.569. The van der Waals surface area contributed by atoms with E-state index in [2.05, 4.69) is 17.1 Å². The molecule has 4 heteroatoms. The van der Waals surface area contributed by atoms with Crippen LogP contribution in [0.1, 0.15) is 45.4 Å². The van der Waals surface area contributed by atoms with Crippen molar-refractivity contribution in [3.05, 3.63) is 0 Å². The minimum absolute atomic E-state index is 0.272. The molecule has 1 saturated carbocycles. The normalized spacial score (nSPS) is 28.5. The summed E-state index contributed by atoms with van der Waals surface area (Å²) in [4.78, 5) is 13.1. The van der Waals surface area contributed by atoms with Crippen LogP contribution in [0.5, 0.6) is 0 Å². The number of carbonyl (C=O) groups is 1. The Kier molecular flexibility index (Phi) is 5.64. The highest BCUT2D eigenvalue weighted by Gasteiger charge is 2.28. The Hall–Kier alpha value is -0.610. The molecule has 1 aliphatic heterocycles. The first kappa shape index (κ1) is 14.8. The predicted molar refractivity (Wildman–Crippen MR) is 76.2 cm³/mol. The lowest BCUT2D eigenvalue weighted by molar-refractivity contribution is -0.137. The van der Waals surface area contributed by atoms with Crippen molar-refractivity contribution in [1.82, 2.24) is 10.2 Å². The van der Waals surface area contributed by atoms with E-state index in [-0.39, 0.29) is 6.42 Å². The van der Waals surface area contributed by atoms with Crippen molar-refractivity contribution in [2.45, 2.75) is 51.5 Å². The van der Waals surface area contributed by atoms with Gasteiger partial charge < -0.3 is 15.3 Å². The lowest BCUT2D eigenvalue weighted by Crippen LogP contribution is -2.50. The lowest BCUT2D eigenvalue weighted by atomic mass is 9.90. The molecule has 2 fully saturated rings. The molecule has 0 aromatic heterocycles. The molecule has 2 rings (SSSR count). The van der Waals surface area contributed by atoms with Gasteiger partial charge in [0.1, 0.15) is 0 Å². The quantitative estimate of drug-likeness (QED) is 0.706. The van der Waals surface area contributed by atoms with E-state index in [1.807, 2.05) is 0 Å². The molecule has 2 unspecified atom stereocenters. The average molecular weight is 268 g/mol. The third-order valence-corrected chi connectivity index (χ3v) is 4.34. The molecule has 2 N–H and O–H groups in total. The summed E-state index contributed by atoms with van der Waals surface area (Å²) in [5.41, 5.74) is 0. The van der Waals surface area contributed by atoms with E-state index >= 15 is 0 Å². The highest BCUT2D eigenvalue weighted by Crippen LogP contribution is 2.28. The van der Waals surface area contributed by atoms with Crippen molar-refractivity contribution >= 4 is 5.97 Å². The predicted octanol–water partition coefficient (Wildman–Crippen LogP) is 1.95. The third kappa shape index (κ3) is 5.49. The SMILES string of the molecule is CCCC1CC(NCC2CC2)CN(CCC(=O)O)C1. The van der Waals surface area contributed by atoms with Crippen LogP contribution in [0, 0.1) is 11.8 Å². The number of carboxylic acids is 1. The number of hydrogen-bond donors (Lipinski definition) is 2. The van der Waals surface area contributed by atoms with E-state index in [1.165, 1.54) is 32.1 Å². The zero-order chi connectivity index (χ0) is 13.7. The van der Waals surface area contributed by atoms with Gasteiger partial charge in [0.05, 0.1) is 6.42 Å². The van der Waals surface area contributed by atoms with E-state index in [9.17, 15) is 4.79 Å². The molecule has 1 saturated heterocycles. The van der Waals surface area contributed by atoms with Crippen LogP contribution in [0.3, 0.4) is 0 Å². The summed E-state index contributed by atoms with van der Waals surface area (Å²) in [5.74, 6) is 0.975. The van der Waals surface area contributed by atoms with Gasteiger partial charge in [-0.2, -0.15) is 0 Å². The molecule has 110 valence electrons. The van der Waals surface area contributed by atoms with E-state index < -0.39 is 5.97 Å². The topological polar surface area (TPSA) is 52.6 Å². The second-order valence-corrected chi connectivity index (χ2v) is 6.34. The van der Waals surface area contributed by atoms with Gasteiger partial charge in [-0.05, 0) is 44.1 Å². The summed E-state index contributed by atoms with van der Waals surface area (Å²) in [7, 11) is 0. The van der Waals surface area contributed by atoms with Crippen LogP contribution in [0.2, 0.25) is 0 Å². The molecule has 0 radical (unpaired) electrons. The lowest BCUT2D eigenvalue weighted by Gasteiger charge is -2.38. The van der Waals surface area contributed by atoms with Crippen LogP contribution in [0.25, 0.3) is 0 Å². The maximum atomic E-state index is 10.7. The van der Waals surface area contributed by atoms with E-state index in [1.54, 1.807) is 0 Å². The molecular weight excluding hydrogens is 240 g/mol. The second-order valence-electron chi connectivity index (χ2n) is 6.34. The van der Waals surface area contributed by atoms with Gasteiger partial charge in [-0.25, -0.2) is 0 Å². The fourth-order valence-corrected chi connectivity index (χ4v) is 3.16. The standard InChI is InChI=1S/C15H28N2O2/c1-2-3-13-8-14(16-9-12-4-5-12)11-17(10-13)7-6-15(18)19/h12-14,16H,2-11H2,1H3,(H,18,19). The van der Waals surface area contributed by atoms with Gasteiger partial charge in [0, 0.05) is 25.7 Å². The van der Waals surface area contributed by atoms with E-state index in [4.69, 9.17) is 5.11 Å². The van der Waals surface area contributed by atoms with Crippen molar-refractivity contribution in [1.29, 1.82) is 0 Å². The number of nitrogens with one attached hydrogen (secondary N) is 1. The number of aliphatic carboxylic acids is 1. The minimum atomic E-state index is -0.680. The zero-order valence-corrected chi connectivity index (χ0v) is 12.1. The van der Waals surface area contributed by atoms with Crippen molar-refractivity contribution < 1.29 is 9.90 Å². The first-order valence-corrected chi connectivity index (χ1v) is 7.85. The van der Waals surface area contributed by atoms with Crippen LogP contribution < -0.4 is 5.32 Å². The van der Waals surface area contributed by atoms with Gasteiger partial charge in [-0.1, -0.05) is 13.3 Å². The van der Waals surface area contributed by atoms with Gasteiger partial charge in [-0.15, -0.1) is 0 Å². The number of rotatable bonds is 8. The summed E-state index contributed by atoms with van der Waals surface area (Å²) < 4.78 is 0. The largest absolute Gasteiger partial charge is 0.481 e. The third-order valence-electron chi connectivity index (χ3n) is 4.34. The molecule has 19 heavy (non-hydrogen) atoms. The van der Waals surface area contributed by atoms with E-state index in [0.717, 1.165) is 31.5 Å². The van der Waals surface area contributed by atoms with Crippen LogP contribution in [0.15, 0.2) is 0 Å². The molecule has 2 aliphatic rings. The molecule has 1 heterocycles. The maximum absolute atomic E-state index is 10.7. The fourth-order valence-electron chi connectivity index (χ4n) is 3.16. The number of carboxylic acid groups (broad SMARTS) is 1. The number of piperidine rings is 1. The summed E-state index contributed by atoms with van der Waals surface area (Å²) in [6.07, 6.45) is 6.82. The van der Waals surface area contributed by atoms with Gasteiger partial charge in [0.15, 0.2) is 0 Å². The number of likely N-dealkylation sites (tertiary alicyclic amines) is 1. The Bertz CT molecular complexity index is 292. The molecule has 2 atom stereocenters. The Morgan fingerprint density at radius 1 is 1.32 bits per heavy atom. The Morgan fingerprint density at radius 3 is 2.74 bits per heavy atom. The van der Waals surface area contributed by atoms with Crippen LogP contribution in [-0.2, 0) is 4.79 Å². The Labute approximate surface area is 116 Å². The van der Waals surface area contributed by atoms with Gasteiger partial charge in [0.25, 0.3) is 0 Å². The molecule has 0 aromatic carbocycles. The maximum Gasteiger partial charge on any atom is 0.304 e. The summed E-state index contributed by atoms with van der Waals surface area (Å²) in [5, 5.41) is 12.5. The molecule has 0 aromatic rings. The number of nitrogens with zero attached hydrogens (tertiary/aromatic N) is 1. The average Bonchev–Trinajstić information content (AvgIpc) is 3.18. The van der Waals surface area contributed by atoms with Crippen molar-refractivity contribution in [3.63, 3.8) is 0 Å². The molecular formula is C15H28N2O2. The highest BCUT2D eigenvalue weighted by molar-refractivity contribution is 5.66. The molecule has 4 nitrogen and oxygen atoms in total. The van der Waals surface area contributed by atoms with Gasteiger partial charge in [0.2, 0.25) is 0 Å². The van der Waals surface area contributed by atoms with Crippen LogP contribution in [-0.4, -0.2) is 48.2 Å². The van der Waals surface area contributed by atoms with Crippen LogP contribution >= 0.6 is 0 Å². The molecule has 0 amide bonds. The fraction of sp³-hybridized carbons (Fsp3) is 0.933. The highest BCUT2D eigenvalue weighted by atomic mass is 16.4. The van der Waals surface area contributed by atoms with Crippen LogP contribution in [0.4, 0.5) is 0 Å². The smallest absolute Gasteiger partial charge is 0.304 e. The number of hydrogen-bond acceptors (Lipinski definition) is 3. The monoisotopic (exact) mass is 268 g/mol. The first-order valence-electron chi connectivity index (χ1n) is 7.85. The Morgan fingerprint density at radius 2 is 2.11 bits per heavy atom. The zero-order valence-electron chi connectivity index (χ0n) is 12.1. The molecule has 0 spiro atoms. The molecule has 0 bridgehead atoms. The van der Waals surface area contributed by atoms with E-state index in [0.29, 0.717) is 12.6 Å². The Balaban J connectivity index is 1.78. The summed E-state index contributed by atoms with van der Waals surface area (Å²) >= 11 is 0. The first-order chi connectivity index (χ1) is 9.17.